The molecule has 1 atom stereocenters. The molecule has 1 fully saturated rings. The van der Waals surface area contributed by atoms with Gasteiger partial charge in [-0.2, -0.15) is 5.10 Å². The van der Waals surface area contributed by atoms with E-state index in [0.717, 1.165) is 42.2 Å². The molecule has 0 aromatic carbocycles. The third-order valence-electron chi connectivity index (χ3n) is 3.61. The number of hydrogen-bond donors (Lipinski definition) is 1. The number of thiazole rings is 1. The molecule has 1 aliphatic heterocycles. The first-order chi connectivity index (χ1) is 9.25. The minimum atomic E-state index is 0.115. The van der Waals surface area contributed by atoms with Crippen LogP contribution in [0.1, 0.15) is 39.8 Å². The van der Waals surface area contributed by atoms with Crippen LogP contribution in [0.4, 0.5) is 0 Å². The molecule has 0 bridgehead atoms. The highest BCUT2D eigenvalue weighted by molar-refractivity contribution is 7.11. The Labute approximate surface area is 115 Å². The fraction of sp³-hybridized carbons (Fsp3) is 0.462. The molecule has 100 valence electrons. The van der Waals surface area contributed by atoms with Crippen molar-refractivity contribution >= 4 is 17.2 Å². The van der Waals surface area contributed by atoms with Crippen LogP contribution in [0.25, 0.3) is 0 Å². The maximum atomic E-state index is 12.5. The Bertz CT molecular complexity index is 563. The number of aromatic nitrogens is 3. The Hall–Kier alpha value is -1.69. The summed E-state index contributed by atoms with van der Waals surface area (Å²) in [6.45, 7) is 3.49. The molecule has 1 aliphatic rings. The van der Waals surface area contributed by atoms with Crippen molar-refractivity contribution < 1.29 is 4.79 Å². The van der Waals surface area contributed by atoms with Gasteiger partial charge in [0.25, 0.3) is 5.91 Å². The molecular weight excluding hydrogens is 260 g/mol. The fourth-order valence-corrected chi connectivity index (χ4v) is 3.33. The lowest BCUT2D eigenvalue weighted by molar-refractivity contribution is 0.0710. The summed E-state index contributed by atoms with van der Waals surface area (Å²) < 4.78 is 0. The summed E-state index contributed by atoms with van der Waals surface area (Å²) in [6.07, 6.45) is 3.91. The van der Waals surface area contributed by atoms with Crippen LogP contribution in [-0.2, 0) is 0 Å². The second-order valence-electron chi connectivity index (χ2n) is 4.87. The highest BCUT2D eigenvalue weighted by Gasteiger charge is 2.27. The minimum Gasteiger partial charge on any atom is -0.337 e. The average molecular weight is 276 g/mol. The van der Waals surface area contributed by atoms with Crippen molar-refractivity contribution in [3.8, 4) is 0 Å². The van der Waals surface area contributed by atoms with Crippen LogP contribution in [0, 0.1) is 6.92 Å². The van der Waals surface area contributed by atoms with E-state index in [-0.39, 0.29) is 5.91 Å². The molecule has 6 heteroatoms. The number of amides is 1. The first kappa shape index (κ1) is 12.3. The smallest absolute Gasteiger partial charge is 0.265 e. The third kappa shape index (κ3) is 2.40. The van der Waals surface area contributed by atoms with Gasteiger partial charge in [0.15, 0.2) is 0 Å². The fourth-order valence-electron chi connectivity index (χ4n) is 2.56. The first-order valence-electron chi connectivity index (χ1n) is 6.44. The van der Waals surface area contributed by atoms with Crippen molar-refractivity contribution in [1.82, 2.24) is 20.1 Å². The maximum absolute atomic E-state index is 12.5. The Kier molecular flexibility index (Phi) is 3.33. The molecule has 1 saturated heterocycles. The van der Waals surface area contributed by atoms with E-state index in [9.17, 15) is 4.79 Å². The number of likely N-dealkylation sites (tertiary alicyclic amines) is 1. The van der Waals surface area contributed by atoms with Crippen LogP contribution in [0.15, 0.2) is 17.8 Å². The van der Waals surface area contributed by atoms with Crippen LogP contribution in [0.3, 0.4) is 0 Å². The van der Waals surface area contributed by atoms with Crippen molar-refractivity contribution in [3.63, 3.8) is 0 Å². The van der Waals surface area contributed by atoms with Crippen molar-refractivity contribution in [2.45, 2.75) is 25.7 Å². The minimum absolute atomic E-state index is 0.115. The standard InChI is InChI=1S/C13H16N4OS/c1-9-12(19-8-14-9)13(18)17-6-2-3-10(7-17)11-4-5-15-16-11/h4-5,8,10H,2-3,6-7H2,1H3,(H,15,16)/t10-/m0/s1. The van der Waals surface area contributed by atoms with E-state index in [4.69, 9.17) is 0 Å². The van der Waals surface area contributed by atoms with E-state index in [1.165, 1.54) is 11.3 Å². The Balaban J connectivity index is 1.75. The predicted octanol–water partition coefficient (Wildman–Crippen LogP) is 2.19. The topological polar surface area (TPSA) is 61.9 Å². The number of piperidine rings is 1. The van der Waals surface area contributed by atoms with E-state index < -0.39 is 0 Å². The summed E-state index contributed by atoms with van der Waals surface area (Å²) in [5.74, 6) is 0.484. The van der Waals surface area contributed by atoms with E-state index >= 15 is 0 Å². The Morgan fingerprint density at radius 3 is 3.16 bits per heavy atom. The van der Waals surface area contributed by atoms with Crippen LogP contribution < -0.4 is 0 Å². The summed E-state index contributed by atoms with van der Waals surface area (Å²) in [7, 11) is 0. The van der Waals surface area contributed by atoms with Crippen molar-refractivity contribution in [2.24, 2.45) is 0 Å². The van der Waals surface area contributed by atoms with Gasteiger partial charge in [-0.1, -0.05) is 0 Å². The summed E-state index contributed by atoms with van der Waals surface area (Å²) in [5.41, 5.74) is 3.69. The molecule has 0 radical (unpaired) electrons. The largest absolute Gasteiger partial charge is 0.337 e. The van der Waals surface area contributed by atoms with Gasteiger partial charge < -0.3 is 4.90 Å². The molecule has 0 saturated carbocycles. The van der Waals surface area contributed by atoms with Gasteiger partial charge in [0.2, 0.25) is 0 Å². The van der Waals surface area contributed by atoms with Gasteiger partial charge in [0.1, 0.15) is 4.88 Å². The maximum Gasteiger partial charge on any atom is 0.265 e. The number of H-pyrrole nitrogens is 1. The Morgan fingerprint density at radius 2 is 2.47 bits per heavy atom. The van der Waals surface area contributed by atoms with E-state index in [1.807, 2.05) is 17.9 Å². The molecule has 1 amide bonds. The van der Waals surface area contributed by atoms with Gasteiger partial charge >= 0.3 is 0 Å². The van der Waals surface area contributed by atoms with Crippen molar-refractivity contribution in [1.29, 1.82) is 0 Å². The molecule has 0 aliphatic carbocycles. The molecule has 2 aromatic rings. The number of nitrogens with one attached hydrogen (secondary N) is 1. The zero-order valence-corrected chi connectivity index (χ0v) is 11.6. The molecule has 0 unspecified atom stereocenters. The predicted molar refractivity (Wildman–Crippen MR) is 73.3 cm³/mol. The van der Waals surface area contributed by atoms with Crippen LogP contribution in [0.5, 0.6) is 0 Å². The van der Waals surface area contributed by atoms with Gasteiger partial charge in [-0.25, -0.2) is 4.98 Å². The summed E-state index contributed by atoms with van der Waals surface area (Å²) in [4.78, 5) is 19.3. The zero-order chi connectivity index (χ0) is 13.2. The highest BCUT2D eigenvalue weighted by atomic mass is 32.1. The second-order valence-corrected chi connectivity index (χ2v) is 5.72. The van der Waals surface area contributed by atoms with Gasteiger partial charge in [-0.3, -0.25) is 9.89 Å². The average Bonchev–Trinajstić information content (AvgIpc) is 3.09. The van der Waals surface area contributed by atoms with Crippen LogP contribution >= 0.6 is 11.3 Å². The molecule has 3 rings (SSSR count). The monoisotopic (exact) mass is 276 g/mol. The molecule has 5 nitrogen and oxygen atoms in total. The quantitative estimate of drug-likeness (QED) is 0.914. The van der Waals surface area contributed by atoms with Crippen molar-refractivity contribution in [2.75, 3.05) is 13.1 Å². The number of aromatic amines is 1. The second kappa shape index (κ2) is 5.13. The summed E-state index contributed by atoms with van der Waals surface area (Å²) in [6, 6.07) is 2.00. The first-order valence-corrected chi connectivity index (χ1v) is 7.32. The molecular formula is C13H16N4OS. The molecule has 3 heterocycles. The summed E-state index contributed by atoms with van der Waals surface area (Å²) in [5, 5.41) is 7.01. The number of carbonyl (C=O) groups excluding carboxylic acids is 1. The van der Waals surface area contributed by atoms with Gasteiger partial charge in [0.05, 0.1) is 11.2 Å². The van der Waals surface area contributed by atoms with Crippen LogP contribution in [-0.4, -0.2) is 39.1 Å². The Morgan fingerprint density at radius 1 is 1.58 bits per heavy atom. The van der Waals surface area contributed by atoms with E-state index in [2.05, 4.69) is 15.2 Å². The zero-order valence-electron chi connectivity index (χ0n) is 10.8. The SMILES string of the molecule is Cc1ncsc1C(=O)N1CCC[C@H](c2ccn[nH]2)C1. The number of rotatable bonds is 2. The lowest BCUT2D eigenvalue weighted by atomic mass is 9.95. The number of hydrogen-bond acceptors (Lipinski definition) is 4. The highest BCUT2D eigenvalue weighted by Crippen LogP contribution is 2.27. The molecule has 19 heavy (non-hydrogen) atoms. The van der Waals surface area contributed by atoms with E-state index in [0.29, 0.717) is 5.92 Å². The van der Waals surface area contributed by atoms with Crippen LogP contribution in [0.2, 0.25) is 0 Å². The molecule has 2 aromatic heterocycles. The normalized spacial score (nSPS) is 19.6. The van der Waals surface area contributed by atoms with Gasteiger partial charge in [0, 0.05) is 30.9 Å². The summed E-state index contributed by atoms with van der Waals surface area (Å²) >= 11 is 1.43. The van der Waals surface area contributed by atoms with Gasteiger partial charge in [-0.05, 0) is 25.8 Å². The lowest BCUT2D eigenvalue weighted by Crippen LogP contribution is -2.39. The van der Waals surface area contributed by atoms with Gasteiger partial charge in [-0.15, -0.1) is 11.3 Å². The number of nitrogens with zero attached hydrogens (tertiary/aromatic N) is 3. The lowest BCUT2D eigenvalue weighted by Gasteiger charge is -2.32. The van der Waals surface area contributed by atoms with E-state index in [1.54, 1.807) is 11.7 Å². The third-order valence-corrected chi connectivity index (χ3v) is 4.53. The number of aryl methyl sites for hydroxylation is 1. The number of carbonyl (C=O) groups is 1. The molecule has 1 N–H and O–H groups in total. The molecule has 0 spiro atoms. The van der Waals surface area contributed by atoms with Crippen molar-refractivity contribution in [3.05, 3.63) is 34.0 Å².